The molecule has 0 fully saturated rings. The predicted octanol–water partition coefficient (Wildman–Crippen LogP) is 20.4. The van der Waals surface area contributed by atoms with Crippen LogP contribution in [-0.2, 0) is 28.6 Å². The van der Waals surface area contributed by atoms with Crippen molar-refractivity contribution < 1.29 is 28.6 Å². The highest BCUT2D eigenvalue weighted by molar-refractivity contribution is 5.71. The fraction of sp³-hybridized carbons (Fsp3) is 0.603. The molecule has 1 atom stereocenters. The van der Waals surface area contributed by atoms with E-state index in [-0.39, 0.29) is 31.1 Å². The van der Waals surface area contributed by atoms with Gasteiger partial charge in [-0.05, 0) is 122 Å². The smallest absolute Gasteiger partial charge is 0.306 e. The molecule has 0 spiro atoms. The van der Waals surface area contributed by atoms with E-state index >= 15 is 0 Å². The summed E-state index contributed by atoms with van der Waals surface area (Å²) in [6, 6.07) is 0. The molecule has 0 aromatic carbocycles. The van der Waals surface area contributed by atoms with E-state index in [0.29, 0.717) is 19.3 Å². The summed E-state index contributed by atoms with van der Waals surface area (Å²) >= 11 is 0. The van der Waals surface area contributed by atoms with Crippen LogP contribution < -0.4 is 0 Å². The Morgan fingerprint density at radius 3 is 0.878 bits per heavy atom. The number of ether oxygens (including phenoxy) is 3. The molecule has 0 aromatic heterocycles. The van der Waals surface area contributed by atoms with Crippen LogP contribution in [0.4, 0.5) is 0 Å². The van der Waals surface area contributed by atoms with Gasteiger partial charge in [-0.1, -0.05) is 250 Å². The van der Waals surface area contributed by atoms with Gasteiger partial charge in [0.25, 0.3) is 0 Å². The van der Waals surface area contributed by atoms with Crippen LogP contribution in [0, 0.1) is 0 Å². The van der Waals surface area contributed by atoms with Crippen molar-refractivity contribution in [2.24, 2.45) is 0 Å². The van der Waals surface area contributed by atoms with Crippen LogP contribution in [0.25, 0.3) is 0 Å². The molecule has 0 rings (SSSR count). The molecule has 6 nitrogen and oxygen atoms in total. The van der Waals surface area contributed by atoms with Crippen molar-refractivity contribution in [2.45, 2.75) is 252 Å². The summed E-state index contributed by atoms with van der Waals surface area (Å²) in [7, 11) is 0. The molecular formula is C68H108O6. The Labute approximate surface area is 455 Å². The zero-order valence-electron chi connectivity index (χ0n) is 47.5. The summed E-state index contributed by atoms with van der Waals surface area (Å²) in [5, 5.41) is 0. The number of hydrogen-bond donors (Lipinski definition) is 0. The van der Waals surface area contributed by atoms with Crippen LogP contribution in [0.1, 0.15) is 245 Å². The van der Waals surface area contributed by atoms with Crippen molar-refractivity contribution in [2.75, 3.05) is 13.2 Å². The van der Waals surface area contributed by atoms with E-state index in [1.807, 2.05) is 0 Å². The minimum Gasteiger partial charge on any atom is -0.462 e. The van der Waals surface area contributed by atoms with Gasteiger partial charge in [0.2, 0.25) is 0 Å². The maximum atomic E-state index is 12.8. The monoisotopic (exact) mass is 1020 g/mol. The molecule has 0 aliphatic heterocycles. The molecular weight excluding hydrogens is 913 g/mol. The van der Waals surface area contributed by atoms with Gasteiger partial charge in [-0.15, -0.1) is 0 Å². The second kappa shape index (κ2) is 60.8. The second-order valence-electron chi connectivity index (χ2n) is 19.2. The standard InChI is InChI=1S/C68H108O6/c1-4-7-10-13-16-19-21-23-24-25-26-27-28-29-30-31-32-33-34-35-36-37-38-39-40-41-42-43-44-46-47-49-52-55-58-61-67(70)73-64-65(63-72-66(69)60-57-54-51-18-15-12-9-6-3)74-68(71)62-59-56-53-50-48-45-22-20-17-14-11-8-5-2/h7,10-11,14,16,19-20,22-24,26-27,29-30,32-33,35-36,38-39,41-42,44,46,65H,4-6,8-9,12-13,15,17-18,21,25,28,31,34,37,40,43,45,47-64H2,1-3H3/b10-7-,14-11-,19-16-,22-20-,24-23-,27-26-,30-29-,33-32-,36-35-,39-38-,42-41-,46-44-. The Kier molecular flexibility index (Phi) is 57.0. The molecule has 0 saturated heterocycles. The fourth-order valence-corrected chi connectivity index (χ4v) is 7.62. The normalized spacial score (nSPS) is 13.2. The van der Waals surface area contributed by atoms with Gasteiger partial charge >= 0.3 is 17.9 Å². The molecule has 0 radical (unpaired) electrons. The van der Waals surface area contributed by atoms with Crippen LogP contribution in [-0.4, -0.2) is 37.2 Å². The molecule has 6 heteroatoms. The first kappa shape index (κ1) is 69.3. The number of carbonyl (C=O) groups excluding carboxylic acids is 3. The molecule has 0 aliphatic carbocycles. The molecule has 74 heavy (non-hydrogen) atoms. The van der Waals surface area contributed by atoms with Crippen LogP contribution in [0.15, 0.2) is 146 Å². The third-order valence-electron chi connectivity index (χ3n) is 12.1. The van der Waals surface area contributed by atoms with Gasteiger partial charge in [0.05, 0.1) is 0 Å². The third-order valence-corrected chi connectivity index (χ3v) is 12.1. The lowest BCUT2D eigenvalue weighted by atomic mass is 10.1. The van der Waals surface area contributed by atoms with E-state index in [9.17, 15) is 14.4 Å². The average molecular weight is 1020 g/mol. The van der Waals surface area contributed by atoms with E-state index in [1.165, 1.54) is 38.5 Å². The average Bonchev–Trinajstić information content (AvgIpc) is 3.40. The number of allylic oxidation sites excluding steroid dienone is 24. The maximum Gasteiger partial charge on any atom is 0.306 e. The van der Waals surface area contributed by atoms with Crippen molar-refractivity contribution in [1.82, 2.24) is 0 Å². The van der Waals surface area contributed by atoms with Gasteiger partial charge in [0, 0.05) is 19.3 Å². The number of rotatable bonds is 52. The van der Waals surface area contributed by atoms with E-state index < -0.39 is 6.10 Å². The van der Waals surface area contributed by atoms with Gasteiger partial charge < -0.3 is 14.2 Å². The molecule has 0 amide bonds. The fourth-order valence-electron chi connectivity index (χ4n) is 7.62. The zero-order chi connectivity index (χ0) is 53.6. The Morgan fingerprint density at radius 1 is 0.284 bits per heavy atom. The van der Waals surface area contributed by atoms with Crippen molar-refractivity contribution in [1.29, 1.82) is 0 Å². The summed E-state index contributed by atoms with van der Waals surface area (Å²) in [5.74, 6) is -0.947. The number of esters is 3. The quantitative estimate of drug-likeness (QED) is 0.0261. The van der Waals surface area contributed by atoms with Gasteiger partial charge in [0.1, 0.15) is 13.2 Å². The van der Waals surface area contributed by atoms with E-state index in [2.05, 4.69) is 167 Å². The first-order chi connectivity index (χ1) is 36.5. The highest BCUT2D eigenvalue weighted by Gasteiger charge is 2.19. The van der Waals surface area contributed by atoms with Gasteiger partial charge in [-0.3, -0.25) is 14.4 Å². The molecule has 416 valence electrons. The predicted molar refractivity (Wildman–Crippen MR) is 320 cm³/mol. The van der Waals surface area contributed by atoms with Crippen LogP contribution in [0.2, 0.25) is 0 Å². The van der Waals surface area contributed by atoms with Crippen molar-refractivity contribution in [3.8, 4) is 0 Å². The van der Waals surface area contributed by atoms with Crippen molar-refractivity contribution in [3.05, 3.63) is 146 Å². The Bertz CT molecular complexity index is 1640. The first-order valence-electron chi connectivity index (χ1n) is 29.8. The molecule has 0 aliphatic rings. The van der Waals surface area contributed by atoms with E-state index in [4.69, 9.17) is 14.2 Å². The largest absolute Gasteiger partial charge is 0.462 e. The molecule has 0 N–H and O–H groups in total. The lowest BCUT2D eigenvalue weighted by molar-refractivity contribution is -0.167. The van der Waals surface area contributed by atoms with E-state index in [1.54, 1.807) is 0 Å². The molecule has 0 saturated carbocycles. The lowest BCUT2D eigenvalue weighted by Crippen LogP contribution is -2.30. The van der Waals surface area contributed by atoms with Crippen LogP contribution in [0.5, 0.6) is 0 Å². The first-order valence-corrected chi connectivity index (χ1v) is 29.8. The van der Waals surface area contributed by atoms with Gasteiger partial charge in [0.15, 0.2) is 6.10 Å². The van der Waals surface area contributed by atoms with Crippen molar-refractivity contribution in [3.63, 3.8) is 0 Å². The summed E-state index contributed by atoms with van der Waals surface area (Å²) < 4.78 is 16.7. The van der Waals surface area contributed by atoms with Crippen molar-refractivity contribution >= 4 is 17.9 Å². The van der Waals surface area contributed by atoms with Gasteiger partial charge in [-0.25, -0.2) is 0 Å². The zero-order valence-corrected chi connectivity index (χ0v) is 47.5. The molecule has 1 unspecified atom stereocenters. The third kappa shape index (κ3) is 58.2. The second-order valence-corrected chi connectivity index (χ2v) is 19.2. The minimum absolute atomic E-state index is 0.0950. The molecule has 0 heterocycles. The topological polar surface area (TPSA) is 78.9 Å². The summed E-state index contributed by atoms with van der Waals surface area (Å²) in [6.07, 6.45) is 87.2. The minimum atomic E-state index is -0.798. The Hall–Kier alpha value is -4.71. The Morgan fingerprint density at radius 2 is 0.554 bits per heavy atom. The number of hydrogen-bond acceptors (Lipinski definition) is 6. The highest BCUT2D eigenvalue weighted by Crippen LogP contribution is 2.13. The summed E-state index contributed by atoms with van der Waals surface area (Å²) in [5.41, 5.74) is 0. The van der Waals surface area contributed by atoms with Crippen LogP contribution >= 0.6 is 0 Å². The molecule has 0 bridgehead atoms. The van der Waals surface area contributed by atoms with E-state index in [0.717, 1.165) is 167 Å². The lowest BCUT2D eigenvalue weighted by Gasteiger charge is -2.18. The van der Waals surface area contributed by atoms with Gasteiger partial charge in [-0.2, -0.15) is 0 Å². The van der Waals surface area contributed by atoms with Crippen LogP contribution in [0.3, 0.4) is 0 Å². The summed E-state index contributed by atoms with van der Waals surface area (Å²) in [4.78, 5) is 37.9. The highest BCUT2D eigenvalue weighted by atomic mass is 16.6. The Balaban J connectivity index is 4.22. The SMILES string of the molecule is CC/C=C\C/C=C\C/C=C\C/C=C\C/C=C\C/C=C\C/C=C\C/C=C\C/C=C\C/C=C\CCCCCCC(=O)OCC(COC(=O)CCCCCCCCCC)OC(=O)CCCCCCC/C=C\C/C=C\CCC. The maximum absolute atomic E-state index is 12.8. The summed E-state index contributed by atoms with van der Waals surface area (Å²) in [6.45, 7) is 6.38. The molecule has 0 aromatic rings. The number of unbranched alkanes of at least 4 members (excludes halogenated alkanes) is 17. The number of carbonyl (C=O) groups is 3.